The molecule has 0 radical (unpaired) electrons. The number of carbonyl (C=O) groups excluding carboxylic acids is 1. The van der Waals surface area contributed by atoms with E-state index in [4.69, 9.17) is 17.0 Å². The number of rotatable bonds is 6. The van der Waals surface area contributed by atoms with E-state index in [0.29, 0.717) is 23.8 Å². The Morgan fingerprint density at radius 1 is 1.00 bits per heavy atom. The molecule has 0 atom stereocenters. The first-order valence-electron chi connectivity index (χ1n) is 11.7. The van der Waals surface area contributed by atoms with E-state index in [9.17, 15) is 4.79 Å². The summed E-state index contributed by atoms with van der Waals surface area (Å²) >= 11 is 7.57. The zero-order valence-electron chi connectivity index (χ0n) is 19.0. The molecule has 1 aliphatic rings. The highest BCUT2D eigenvalue weighted by Crippen LogP contribution is 2.38. The van der Waals surface area contributed by atoms with Gasteiger partial charge in [-0.1, -0.05) is 61.4 Å². The summed E-state index contributed by atoms with van der Waals surface area (Å²) in [5.74, 6) is -0.254. The normalized spacial score (nSPS) is 13.4. The highest BCUT2D eigenvalue weighted by Gasteiger charge is 2.26. The van der Waals surface area contributed by atoms with Crippen molar-refractivity contribution in [2.75, 3.05) is 16.8 Å². The van der Waals surface area contributed by atoms with Crippen molar-refractivity contribution in [1.29, 1.82) is 0 Å². The molecular weight excluding hydrogens is 448 g/mol. The molecule has 1 aromatic heterocycles. The Bertz CT molecular complexity index is 1080. The molecule has 0 saturated heterocycles. The van der Waals surface area contributed by atoms with Crippen molar-refractivity contribution in [3.8, 4) is 0 Å². The minimum Gasteiger partial charge on any atom is -0.462 e. The number of thiophene rings is 1. The molecule has 6 heteroatoms. The van der Waals surface area contributed by atoms with Gasteiger partial charge in [-0.2, -0.15) is 0 Å². The lowest BCUT2D eigenvalue weighted by molar-refractivity contribution is 0.0526. The van der Waals surface area contributed by atoms with Gasteiger partial charge in [0.1, 0.15) is 5.00 Å². The minimum absolute atomic E-state index is 0.254. The predicted octanol–water partition coefficient (Wildman–Crippen LogP) is 6.99. The molecule has 0 aliphatic heterocycles. The van der Waals surface area contributed by atoms with Crippen molar-refractivity contribution in [1.82, 2.24) is 0 Å². The van der Waals surface area contributed by atoms with Crippen LogP contribution < -0.4 is 10.2 Å². The molecule has 4 nitrogen and oxygen atoms in total. The summed E-state index contributed by atoms with van der Waals surface area (Å²) in [6.45, 7) is 2.84. The number of esters is 1. The second-order valence-electron chi connectivity index (χ2n) is 8.18. The number of thiocarbonyl (C=S) groups is 1. The first kappa shape index (κ1) is 23.5. The SMILES string of the molecule is CCOC(=O)c1c(NC(=S)N(Cc2ccccc2)c2ccccc2)sc2c1CCCCCC2. The number of fused-ring (bicyclic) bond motifs is 1. The number of para-hydroxylation sites is 1. The molecule has 2 aromatic carbocycles. The van der Waals surface area contributed by atoms with E-state index in [-0.39, 0.29) is 5.97 Å². The van der Waals surface area contributed by atoms with Crippen LogP contribution in [0.3, 0.4) is 0 Å². The number of hydrogen-bond donors (Lipinski definition) is 1. The van der Waals surface area contributed by atoms with E-state index in [0.717, 1.165) is 47.5 Å². The van der Waals surface area contributed by atoms with Gasteiger partial charge in [0.05, 0.1) is 18.7 Å². The molecule has 0 fully saturated rings. The fraction of sp³-hybridized carbons (Fsp3) is 0.333. The predicted molar refractivity (Wildman–Crippen MR) is 141 cm³/mol. The summed E-state index contributed by atoms with van der Waals surface area (Å²) in [6.07, 6.45) is 6.63. The summed E-state index contributed by atoms with van der Waals surface area (Å²) in [7, 11) is 0. The zero-order chi connectivity index (χ0) is 23.0. The van der Waals surface area contributed by atoms with Gasteiger partial charge >= 0.3 is 5.97 Å². The van der Waals surface area contributed by atoms with E-state index in [1.165, 1.54) is 17.7 Å². The van der Waals surface area contributed by atoms with E-state index >= 15 is 0 Å². The van der Waals surface area contributed by atoms with Gasteiger partial charge in [0.25, 0.3) is 0 Å². The minimum atomic E-state index is -0.254. The van der Waals surface area contributed by atoms with Crippen molar-refractivity contribution < 1.29 is 9.53 Å². The molecule has 4 rings (SSSR count). The van der Waals surface area contributed by atoms with Gasteiger partial charge in [-0.3, -0.25) is 0 Å². The Morgan fingerprint density at radius 2 is 1.67 bits per heavy atom. The maximum atomic E-state index is 13.0. The molecule has 0 bridgehead atoms. The van der Waals surface area contributed by atoms with Gasteiger partial charge in [0.2, 0.25) is 0 Å². The second-order valence-corrected chi connectivity index (χ2v) is 9.67. The fourth-order valence-electron chi connectivity index (χ4n) is 4.25. The molecule has 0 unspecified atom stereocenters. The van der Waals surface area contributed by atoms with Crippen LogP contribution in [0.5, 0.6) is 0 Å². The smallest absolute Gasteiger partial charge is 0.341 e. The molecular formula is C27H30N2O2S2. The fourth-order valence-corrected chi connectivity index (χ4v) is 5.86. The number of nitrogens with zero attached hydrogens (tertiary/aromatic N) is 1. The van der Waals surface area contributed by atoms with Crippen LogP contribution in [0.1, 0.15) is 59.0 Å². The van der Waals surface area contributed by atoms with Gasteiger partial charge in [-0.05, 0) is 68.1 Å². The van der Waals surface area contributed by atoms with Crippen LogP contribution in [0.4, 0.5) is 10.7 Å². The number of carbonyl (C=O) groups is 1. The van der Waals surface area contributed by atoms with Crippen LogP contribution in [0.15, 0.2) is 60.7 Å². The highest BCUT2D eigenvalue weighted by atomic mass is 32.1. The Labute approximate surface area is 205 Å². The molecule has 0 spiro atoms. The standard InChI is InChI=1S/C27H30N2O2S2/c1-2-31-26(30)24-22-17-11-3-4-12-18-23(22)33-25(24)28-27(32)29(21-15-9-6-10-16-21)19-20-13-7-5-8-14-20/h5-10,13-16H,2-4,11-12,17-19H2,1H3,(H,28,32). The van der Waals surface area contributed by atoms with Crippen LogP contribution >= 0.6 is 23.6 Å². The molecule has 1 heterocycles. The topological polar surface area (TPSA) is 41.6 Å². The Kier molecular flexibility index (Phi) is 8.13. The van der Waals surface area contributed by atoms with Gasteiger partial charge in [-0.25, -0.2) is 4.79 Å². The quantitative estimate of drug-likeness (QED) is 0.305. The number of hydrogen-bond acceptors (Lipinski definition) is 4. The van der Waals surface area contributed by atoms with Gasteiger partial charge < -0.3 is 15.0 Å². The van der Waals surface area contributed by atoms with Crippen molar-refractivity contribution in [2.45, 2.75) is 52.0 Å². The van der Waals surface area contributed by atoms with Crippen LogP contribution in [0.25, 0.3) is 0 Å². The highest BCUT2D eigenvalue weighted by molar-refractivity contribution is 7.80. The third kappa shape index (κ3) is 5.81. The molecule has 172 valence electrons. The van der Waals surface area contributed by atoms with Gasteiger partial charge in [0, 0.05) is 10.6 Å². The molecule has 0 saturated carbocycles. The molecule has 1 N–H and O–H groups in total. The number of aryl methyl sites for hydroxylation is 1. The average molecular weight is 479 g/mol. The summed E-state index contributed by atoms with van der Waals surface area (Å²) < 4.78 is 5.46. The first-order chi connectivity index (χ1) is 16.2. The van der Waals surface area contributed by atoms with Crippen molar-refractivity contribution in [2.24, 2.45) is 0 Å². The Balaban J connectivity index is 1.67. The van der Waals surface area contributed by atoms with Gasteiger partial charge in [-0.15, -0.1) is 11.3 Å². The van der Waals surface area contributed by atoms with Crippen LogP contribution in [-0.2, 0) is 24.1 Å². The first-order valence-corrected chi connectivity index (χ1v) is 12.9. The maximum absolute atomic E-state index is 13.0. The molecule has 0 amide bonds. The zero-order valence-corrected chi connectivity index (χ0v) is 20.6. The largest absolute Gasteiger partial charge is 0.462 e. The van der Waals surface area contributed by atoms with Crippen LogP contribution in [0.2, 0.25) is 0 Å². The lowest BCUT2D eigenvalue weighted by Gasteiger charge is -2.26. The third-order valence-corrected chi connectivity index (χ3v) is 7.40. The Morgan fingerprint density at radius 3 is 2.36 bits per heavy atom. The van der Waals surface area contributed by atoms with E-state index < -0.39 is 0 Å². The van der Waals surface area contributed by atoms with E-state index in [2.05, 4.69) is 34.5 Å². The van der Waals surface area contributed by atoms with Gasteiger partial charge in [0.15, 0.2) is 5.11 Å². The van der Waals surface area contributed by atoms with Crippen molar-refractivity contribution >= 4 is 45.3 Å². The molecule has 1 aliphatic carbocycles. The summed E-state index contributed by atoms with van der Waals surface area (Å²) in [4.78, 5) is 16.4. The number of benzene rings is 2. The third-order valence-electron chi connectivity index (χ3n) is 5.87. The maximum Gasteiger partial charge on any atom is 0.341 e. The number of nitrogens with one attached hydrogen (secondary N) is 1. The number of ether oxygens (including phenoxy) is 1. The lowest BCUT2D eigenvalue weighted by Crippen LogP contribution is -2.34. The van der Waals surface area contributed by atoms with Crippen LogP contribution in [0, 0.1) is 0 Å². The Hall–Kier alpha value is -2.70. The molecule has 33 heavy (non-hydrogen) atoms. The van der Waals surface area contributed by atoms with Crippen LogP contribution in [-0.4, -0.2) is 17.7 Å². The number of anilines is 2. The monoisotopic (exact) mass is 478 g/mol. The summed E-state index contributed by atoms with van der Waals surface area (Å²) in [5.41, 5.74) is 3.99. The molecule has 3 aromatic rings. The van der Waals surface area contributed by atoms with E-state index in [1.54, 1.807) is 11.3 Å². The lowest BCUT2D eigenvalue weighted by atomic mass is 9.96. The van der Waals surface area contributed by atoms with E-state index in [1.807, 2.05) is 43.3 Å². The average Bonchev–Trinajstić information content (AvgIpc) is 3.14. The van der Waals surface area contributed by atoms with Crippen molar-refractivity contribution in [3.63, 3.8) is 0 Å². The van der Waals surface area contributed by atoms with Crippen molar-refractivity contribution in [3.05, 3.63) is 82.2 Å². The summed E-state index contributed by atoms with van der Waals surface area (Å²) in [5, 5.41) is 4.82. The summed E-state index contributed by atoms with van der Waals surface area (Å²) in [6, 6.07) is 20.4. The second kappa shape index (κ2) is 11.4.